The van der Waals surface area contributed by atoms with Crippen LogP contribution in [-0.2, 0) is 4.79 Å². The molecule has 5 nitrogen and oxygen atoms in total. The summed E-state index contributed by atoms with van der Waals surface area (Å²) in [6.07, 6.45) is 2.99. The van der Waals surface area contributed by atoms with Gasteiger partial charge in [0, 0.05) is 18.6 Å². The number of para-hydroxylation sites is 2. The minimum Gasteiger partial charge on any atom is -0.496 e. The Morgan fingerprint density at radius 2 is 1.60 bits per heavy atom. The summed E-state index contributed by atoms with van der Waals surface area (Å²) in [7, 11) is 1.51. The fraction of sp³-hybridized carbons (Fsp3) is 0.0833. The molecule has 0 amide bonds. The number of carbonyl (C=O) groups is 2. The molecular formula is C24H19BrO5. The largest absolute Gasteiger partial charge is 0.496 e. The van der Waals surface area contributed by atoms with Crippen LogP contribution in [0, 0.1) is 0 Å². The van der Waals surface area contributed by atoms with Gasteiger partial charge < -0.3 is 14.2 Å². The molecule has 0 fully saturated rings. The van der Waals surface area contributed by atoms with Crippen molar-refractivity contribution >= 4 is 33.8 Å². The third-order valence-corrected chi connectivity index (χ3v) is 4.70. The van der Waals surface area contributed by atoms with Gasteiger partial charge in [0.15, 0.2) is 5.78 Å². The molecule has 0 aromatic heterocycles. The predicted molar refractivity (Wildman–Crippen MR) is 118 cm³/mol. The maximum absolute atomic E-state index is 12.6. The van der Waals surface area contributed by atoms with Gasteiger partial charge in [0.1, 0.15) is 23.0 Å². The van der Waals surface area contributed by atoms with Crippen molar-refractivity contribution in [3.8, 4) is 23.0 Å². The maximum Gasteiger partial charge on any atom is 0.308 e. The van der Waals surface area contributed by atoms with Crippen LogP contribution in [0.1, 0.15) is 22.8 Å². The quantitative estimate of drug-likeness (QED) is 0.183. The highest BCUT2D eigenvalue weighted by atomic mass is 79.9. The molecule has 0 aliphatic heterocycles. The molecule has 0 unspecified atom stereocenters. The van der Waals surface area contributed by atoms with Crippen molar-refractivity contribution in [2.45, 2.75) is 6.92 Å². The molecule has 152 valence electrons. The van der Waals surface area contributed by atoms with E-state index in [1.165, 1.54) is 20.1 Å². The van der Waals surface area contributed by atoms with Gasteiger partial charge in [0.2, 0.25) is 0 Å². The van der Waals surface area contributed by atoms with Gasteiger partial charge in [-0.1, -0.05) is 30.3 Å². The number of carbonyl (C=O) groups excluding carboxylic acids is 2. The van der Waals surface area contributed by atoms with Gasteiger partial charge in [-0.3, -0.25) is 9.59 Å². The summed E-state index contributed by atoms with van der Waals surface area (Å²) in [6.45, 7) is 1.31. The number of methoxy groups -OCH3 is 1. The Labute approximate surface area is 183 Å². The lowest BCUT2D eigenvalue weighted by molar-refractivity contribution is -0.131. The molecule has 3 rings (SSSR count). The SMILES string of the molecule is COc1ccccc1C(=O)C=Cc1cc(Br)c(Oc2ccccc2)cc1OC(C)=O. The number of ketones is 1. The zero-order chi connectivity index (χ0) is 21.5. The van der Waals surface area contributed by atoms with Crippen LogP contribution in [0.4, 0.5) is 0 Å². The number of hydrogen-bond donors (Lipinski definition) is 0. The Hall–Kier alpha value is -3.38. The minimum atomic E-state index is -0.478. The number of halogens is 1. The summed E-state index contributed by atoms with van der Waals surface area (Å²) in [5, 5.41) is 0. The van der Waals surface area contributed by atoms with E-state index >= 15 is 0 Å². The summed E-state index contributed by atoms with van der Waals surface area (Å²) in [5.74, 6) is 1.17. The number of ether oxygens (including phenoxy) is 3. The topological polar surface area (TPSA) is 61.8 Å². The smallest absolute Gasteiger partial charge is 0.308 e. The van der Waals surface area contributed by atoms with E-state index in [4.69, 9.17) is 14.2 Å². The molecule has 3 aromatic carbocycles. The third-order valence-electron chi connectivity index (χ3n) is 4.08. The minimum absolute atomic E-state index is 0.234. The number of rotatable bonds is 7. The molecule has 0 spiro atoms. The second kappa shape index (κ2) is 9.89. The van der Waals surface area contributed by atoms with Gasteiger partial charge in [-0.25, -0.2) is 0 Å². The molecule has 6 heteroatoms. The van der Waals surface area contributed by atoms with E-state index < -0.39 is 5.97 Å². The standard InChI is InChI=1S/C24H19BrO5/c1-16(26)29-23-15-24(30-18-8-4-3-5-9-18)20(25)14-17(23)12-13-21(27)19-10-6-7-11-22(19)28-2/h3-15H,1-2H3. The number of hydrogen-bond acceptors (Lipinski definition) is 5. The van der Waals surface area contributed by atoms with E-state index in [0.29, 0.717) is 32.8 Å². The summed E-state index contributed by atoms with van der Waals surface area (Å²) in [4.78, 5) is 24.2. The zero-order valence-corrected chi connectivity index (χ0v) is 18.0. The van der Waals surface area contributed by atoms with Crippen LogP contribution in [0.15, 0.2) is 77.3 Å². The Bertz CT molecular complexity index is 1090. The Morgan fingerprint density at radius 3 is 2.30 bits per heavy atom. The highest BCUT2D eigenvalue weighted by Gasteiger charge is 2.13. The van der Waals surface area contributed by atoms with Crippen molar-refractivity contribution in [3.63, 3.8) is 0 Å². The molecule has 0 atom stereocenters. The fourth-order valence-corrected chi connectivity index (χ4v) is 3.16. The van der Waals surface area contributed by atoms with Gasteiger partial charge in [-0.05, 0) is 58.4 Å². The first-order valence-corrected chi connectivity index (χ1v) is 9.87. The third kappa shape index (κ3) is 5.36. The normalized spacial score (nSPS) is 10.6. The van der Waals surface area contributed by atoms with Gasteiger partial charge in [0.05, 0.1) is 17.1 Å². The van der Waals surface area contributed by atoms with Gasteiger partial charge in [-0.15, -0.1) is 0 Å². The lowest BCUT2D eigenvalue weighted by Gasteiger charge is -2.12. The summed E-state index contributed by atoms with van der Waals surface area (Å²) < 4.78 is 17.1. The zero-order valence-electron chi connectivity index (χ0n) is 16.4. The van der Waals surface area contributed by atoms with Crippen LogP contribution in [0.5, 0.6) is 23.0 Å². The van der Waals surface area contributed by atoms with Crippen molar-refractivity contribution in [1.29, 1.82) is 0 Å². The fourth-order valence-electron chi connectivity index (χ4n) is 2.72. The first-order valence-electron chi connectivity index (χ1n) is 9.08. The number of benzene rings is 3. The average molecular weight is 467 g/mol. The van der Waals surface area contributed by atoms with E-state index in [-0.39, 0.29) is 11.5 Å². The van der Waals surface area contributed by atoms with Crippen LogP contribution in [0.3, 0.4) is 0 Å². The molecule has 0 aliphatic rings. The maximum atomic E-state index is 12.6. The molecule has 0 saturated carbocycles. The number of allylic oxidation sites excluding steroid dienone is 1. The Balaban J connectivity index is 1.93. The molecule has 3 aromatic rings. The monoisotopic (exact) mass is 466 g/mol. The van der Waals surface area contributed by atoms with Gasteiger partial charge in [0.25, 0.3) is 0 Å². The van der Waals surface area contributed by atoms with Gasteiger partial charge in [-0.2, -0.15) is 0 Å². The molecule has 0 radical (unpaired) electrons. The van der Waals surface area contributed by atoms with Crippen LogP contribution < -0.4 is 14.2 Å². The highest BCUT2D eigenvalue weighted by Crippen LogP contribution is 2.36. The lowest BCUT2D eigenvalue weighted by atomic mass is 10.1. The average Bonchev–Trinajstić information content (AvgIpc) is 2.75. The molecule has 0 heterocycles. The Kier molecular flexibility index (Phi) is 7.03. The first kappa shape index (κ1) is 21.3. The van der Waals surface area contributed by atoms with Gasteiger partial charge >= 0.3 is 5.97 Å². The van der Waals surface area contributed by atoms with Crippen LogP contribution in [0.2, 0.25) is 0 Å². The first-order chi connectivity index (χ1) is 14.5. The van der Waals surface area contributed by atoms with E-state index in [1.54, 1.807) is 42.5 Å². The van der Waals surface area contributed by atoms with Crippen LogP contribution in [-0.4, -0.2) is 18.9 Å². The summed E-state index contributed by atoms with van der Waals surface area (Å²) in [6, 6.07) is 19.5. The van der Waals surface area contributed by atoms with Crippen molar-refractivity contribution in [2.24, 2.45) is 0 Å². The lowest BCUT2D eigenvalue weighted by Crippen LogP contribution is -2.03. The second-order valence-electron chi connectivity index (χ2n) is 6.23. The molecule has 0 aliphatic carbocycles. The van der Waals surface area contributed by atoms with Crippen LogP contribution >= 0.6 is 15.9 Å². The van der Waals surface area contributed by atoms with E-state index in [0.717, 1.165) is 0 Å². The molecular weight excluding hydrogens is 448 g/mol. The molecule has 0 bridgehead atoms. The summed E-state index contributed by atoms with van der Waals surface area (Å²) in [5.41, 5.74) is 0.981. The van der Waals surface area contributed by atoms with E-state index in [2.05, 4.69) is 15.9 Å². The molecule has 0 N–H and O–H groups in total. The number of esters is 1. The van der Waals surface area contributed by atoms with E-state index in [9.17, 15) is 9.59 Å². The Morgan fingerprint density at radius 1 is 0.900 bits per heavy atom. The second-order valence-corrected chi connectivity index (χ2v) is 7.08. The van der Waals surface area contributed by atoms with Crippen molar-refractivity contribution in [1.82, 2.24) is 0 Å². The van der Waals surface area contributed by atoms with Crippen molar-refractivity contribution in [2.75, 3.05) is 7.11 Å². The van der Waals surface area contributed by atoms with Crippen LogP contribution in [0.25, 0.3) is 6.08 Å². The van der Waals surface area contributed by atoms with Crippen molar-refractivity contribution < 1.29 is 23.8 Å². The van der Waals surface area contributed by atoms with E-state index in [1.807, 2.05) is 30.3 Å². The summed E-state index contributed by atoms with van der Waals surface area (Å²) >= 11 is 3.48. The molecule has 0 saturated heterocycles. The van der Waals surface area contributed by atoms with Crippen molar-refractivity contribution in [3.05, 3.63) is 88.4 Å². The molecule has 30 heavy (non-hydrogen) atoms. The highest BCUT2D eigenvalue weighted by molar-refractivity contribution is 9.10. The predicted octanol–water partition coefficient (Wildman–Crippen LogP) is 6.07.